The van der Waals surface area contributed by atoms with Crippen LogP contribution in [0.4, 0.5) is 11.4 Å². The first-order valence-corrected chi connectivity index (χ1v) is 23.3. The lowest BCUT2D eigenvalue weighted by Gasteiger charge is -2.38. The van der Waals surface area contributed by atoms with Crippen LogP contribution < -0.4 is 20.4 Å². The standard InChI is InChI=1S/C44H52Cl2N8O10/c45-33-23-31(41-49-47-39(61-41)25-5-13-53(14-6-25)27-9-19-57-20-10-27)37-29(3-1-17-59-37)35(33)51-63-43(55)44(56)64-52-36-30-4-2-18-60-38(30)32(24-34(36)46)42-50-48-40(62-42)26-7-15-54(16-8-26)28-11-21-58-22-12-28/h23-28,51-52H,1-22H2. The molecule has 4 aromatic rings. The molecule has 10 rings (SSSR count). The molecule has 6 aliphatic heterocycles. The minimum absolute atomic E-state index is 0.152. The van der Waals surface area contributed by atoms with Gasteiger partial charge in [-0.1, -0.05) is 23.2 Å². The van der Waals surface area contributed by atoms with Gasteiger partial charge in [0, 0.05) is 61.5 Å². The second-order valence-electron chi connectivity index (χ2n) is 17.3. The van der Waals surface area contributed by atoms with Crippen LogP contribution in [0.1, 0.15) is 99.0 Å². The van der Waals surface area contributed by atoms with E-state index in [1.165, 1.54) is 0 Å². The van der Waals surface area contributed by atoms with Gasteiger partial charge in [-0.25, -0.2) is 20.5 Å². The van der Waals surface area contributed by atoms with Gasteiger partial charge >= 0.3 is 11.9 Å². The topological polar surface area (TPSA) is 198 Å². The molecule has 8 heterocycles. The normalized spacial score (nSPS) is 20.7. The van der Waals surface area contributed by atoms with Crippen LogP contribution in [-0.4, -0.2) is 120 Å². The van der Waals surface area contributed by atoms with Crippen molar-refractivity contribution in [3.63, 3.8) is 0 Å². The smallest absolute Gasteiger partial charge is 0.443 e. The van der Waals surface area contributed by atoms with Gasteiger partial charge in [-0.15, -0.1) is 20.4 Å². The summed E-state index contributed by atoms with van der Waals surface area (Å²) in [5.41, 5.74) is 8.03. The van der Waals surface area contributed by atoms with Crippen molar-refractivity contribution in [3.05, 3.63) is 45.1 Å². The molecule has 0 spiro atoms. The average molecular weight is 924 g/mol. The van der Waals surface area contributed by atoms with Crippen LogP contribution in [-0.2, 0) is 41.6 Å². The van der Waals surface area contributed by atoms with Crippen molar-refractivity contribution in [1.82, 2.24) is 30.2 Å². The summed E-state index contributed by atoms with van der Waals surface area (Å²) in [5.74, 6) is 0.353. The van der Waals surface area contributed by atoms with Gasteiger partial charge in [0.05, 0.1) is 45.8 Å². The van der Waals surface area contributed by atoms with Crippen LogP contribution in [0.5, 0.6) is 11.5 Å². The molecule has 0 aliphatic carbocycles. The second-order valence-corrected chi connectivity index (χ2v) is 18.1. The third kappa shape index (κ3) is 9.09. The number of halogens is 2. The number of carbonyl (C=O) groups excluding carboxylic acids is 2. The van der Waals surface area contributed by atoms with Gasteiger partial charge in [-0.05, 0) is 115 Å². The van der Waals surface area contributed by atoms with Crippen LogP contribution in [0, 0.1) is 0 Å². The molecule has 2 aromatic heterocycles. The van der Waals surface area contributed by atoms with Crippen molar-refractivity contribution >= 4 is 46.5 Å². The SMILES string of the molecule is O=C(ONc1c(Cl)cc(-c2nnc(C3CCN(C4CCOCC4)CC3)o2)c2c1CCCO2)C(=O)ONc1c(Cl)cc(-c2nnc(C3CCN(C4CCOCC4)CC3)o2)c2c1CCCO2. The highest BCUT2D eigenvalue weighted by molar-refractivity contribution is 6.35. The highest BCUT2D eigenvalue weighted by atomic mass is 35.5. The first kappa shape index (κ1) is 43.2. The highest BCUT2D eigenvalue weighted by Gasteiger charge is 2.34. The van der Waals surface area contributed by atoms with E-state index >= 15 is 0 Å². The monoisotopic (exact) mass is 922 g/mol. The first-order valence-electron chi connectivity index (χ1n) is 22.6. The Morgan fingerprint density at radius 1 is 0.578 bits per heavy atom. The van der Waals surface area contributed by atoms with Gasteiger partial charge in [0.2, 0.25) is 11.8 Å². The average Bonchev–Trinajstić information content (AvgIpc) is 4.05. The molecular formula is C44H52Cl2N8O10. The molecule has 2 aromatic carbocycles. The molecule has 0 bridgehead atoms. The number of carbonyl (C=O) groups is 2. The zero-order valence-corrected chi connectivity index (χ0v) is 37.1. The number of ether oxygens (including phenoxy) is 4. The molecular weight excluding hydrogens is 871 g/mol. The molecule has 0 amide bonds. The number of anilines is 2. The zero-order chi connectivity index (χ0) is 43.6. The molecule has 342 valence electrons. The summed E-state index contributed by atoms with van der Waals surface area (Å²) >= 11 is 13.6. The predicted octanol–water partition coefficient (Wildman–Crippen LogP) is 6.90. The number of aromatic nitrogens is 4. The lowest BCUT2D eigenvalue weighted by atomic mass is 9.94. The van der Waals surface area contributed by atoms with E-state index in [0.29, 0.717) is 108 Å². The fourth-order valence-electron chi connectivity index (χ4n) is 9.98. The number of nitrogens with one attached hydrogen (secondary N) is 2. The maximum Gasteiger partial charge on any atom is 0.443 e. The van der Waals surface area contributed by atoms with Gasteiger partial charge in [0.1, 0.15) is 11.5 Å². The molecule has 0 saturated carbocycles. The first-order chi connectivity index (χ1) is 31.4. The predicted molar refractivity (Wildman–Crippen MR) is 231 cm³/mol. The van der Waals surface area contributed by atoms with E-state index in [1.54, 1.807) is 12.1 Å². The Morgan fingerprint density at radius 2 is 0.984 bits per heavy atom. The maximum atomic E-state index is 13.0. The van der Waals surface area contributed by atoms with E-state index in [-0.39, 0.29) is 33.3 Å². The third-order valence-electron chi connectivity index (χ3n) is 13.5. The van der Waals surface area contributed by atoms with E-state index < -0.39 is 11.9 Å². The van der Waals surface area contributed by atoms with E-state index in [0.717, 1.165) is 104 Å². The molecule has 0 radical (unpaired) electrons. The Balaban J connectivity index is 0.768. The van der Waals surface area contributed by atoms with Crippen molar-refractivity contribution in [3.8, 4) is 34.4 Å². The Morgan fingerprint density at radius 3 is 1.39 bits per heavy atom. The largest absolute Gasteiger partial charge is 0.492 e. The summed E-state index contributed by atoms with van der Waals surface area (Å²) in [5, 5.41) is 18.0. The van der Waals surface area contributed by atoms with Crippen LogP contribution >= 0.6 is 23.2 Å². The Kier molecular flexibility index (Phi) is 13.1. The Labute approximate surface area is 379 Å². The summed E-state index contributed by atoms with van der Waals surface area (Å²) in [6.07, 6.45) is 10.4. The van der Waals surface area contributed by atoms with Gasteiger partial charge in [0.15, 0.2) is 0 Å². The molecule has 4 saturated heterocycles. The highest BCUT2D eigenvalue weighted by Crippen LogP contribution is 2.46. The van der Waals surface area contributed by atoms with Gasteiger partial charge < -0.3 is 47.3 Å². The quantitative estimate of drug-likeness (QED) is 0.123. The summed E-state index contributed by atoms with van der Waals surface area (Å²) in [7, 11) is 0. The number of benzene rings is 2. The zero-order valence-electron chi connectivity index (χ0n) is 35.5. The molecule has 0 unspecified atom stereocenters. The van der Waals surface area contributed by atoms with E-state index in [4.69, 9.17) is 60.7 Å². The van der Waals surface area contributed by atoms with E-state index in [1.807, 2.05) is 0 Å². The fraction of sp³-hybridized carbons (Fsp3) is 0.591. The van der Waals surface area contributed by atoms with E-state index in [9.17, 15) is 9.59 Å². The molecule has 2 N–H and O–H groups in total. The van der Waals surface area contributed by atoms with Gasteiger partial charge in [0.25, 0.3) is 11.8 Å². The van der Waals surface area contributed by atoms with Crippen molar-refractivity contribution in [2.75, 3.05) is 76.8 Å². The maximum absolute atomic E-state index is 13.0. The van der Waals surface area contributed by atoms with Crippen LogP contribution in [0.25, 0.3) is 22.9 Å². The number of nitrogens with zero attached hydrogens (tertiary/aromatic N) is 6. The summed E-state index contributed by atoms with van der Waals surface area (Å²) in [6, 6.07) is 4.38. The minimum atomic E-state index is -1.34. The number of likely N-dealkylation sites (tertiary alicyclic amines) is 2. The molecule has 0 atom stereocenters. The molecule has 20 heteroatoms. The third-order valence-corrected chi connectivity index (χ3v) is 14.1. The van der Waals surface area contributed by atoms with Crippen molar-refractivity contribution < 1.29 is 47.0 Å². The van der Waals surface area contributed by atoms with Gasteiger partial charge in [-0.2, -0.15) is 0 Å². The second kappa shape index (κ2) is 19.4. The number of piperidine rings is 2. The Hall–Kier alpha value is -4.72. The van der Waals surface area contributed by atoms with Crippen LogP contribution in [0.15, 0.2) is 21.0 Å². The van der Waals surface area contributed by atoms with Crippen LogP contribution in [0.2, 0.25) is 10.0 Å². The number of hydrogen-bond acceptors (Lipinski definition) is 18. The molecule has 18 nitrogen and oxygen atoms in total. The number of rotatable bonds is 10. The van der Waals surface area contributed by atoms with Crippen molar-refractivity contribution in [1.29, 1.82) is 0 Å². The summed E-state index contributed by atoms with van der Waals surface area (Å²) in [6.45, 7) is 8.07. The van der Waals surface area contributed by atoms with Crippen molar-refractivity contribution in [2.45, 2.75) is 101 Å². The summed E-state index contributed by atoms with van der Waals surface area (Å²) < 4.78 is 35.8. The summed E-state index contributed by atoms with van der Waals surface area (Å²) in [4.78, 5) is 41.5. The lowest BCUT2D eigenvalue weighted by Crippen LogP contribution is -2.43. The Bertz CT molecular complexity index is 2160. The van der Waals surface area contributed by atoms with Crippen LogP contribution in [0.3, 0.4) is 0 Å². The van der Waals surface area contributed by atoms with E-state index in [2.05, 4.69) is 41.2 Å². The lowest BCUT2D eigenvalue weighted by molar-refractivity contribution is -0.164. The minimum Gasteiger partial charge on any atom is -0.492 e. The fourth-order valence-corrected chi connectivity index (χ4v) is 10.5. The van der Waals surface area contributed by atoms with Gasteiger partial charge in [-0.3, -0.25) is 0 Å². The number of fused-ring (bicyclic) bond motifs is 2. The molecule has 4 fully saturated rings. The molecule has 6 aliphatic rings. The van der Waals surface area contributed by atoms with Crippen molar-refractivity contribution in [2.24, 2.45) is 0 Å². The number of hydrogen-bond donors (Lipinski definition) is 2. The molecule has 64 heavy (non-hydrogen) atoms.